The fourth-order valence-corrected chi connectivity index (χ4v) is 5.83. The SMILES string of the molecule is Cc1ccc(-n2nc(-c3ccccc3)c3c2N(CC(=O)NC(C)C)C(=O)CS[C@@H]3c2cccc(F)c2)cc1. The summed E-state index contributed by atoms with van der Waals surface area (Å²) in [5, 5.41) is 7.56. The van der Waals surface area contributed by atoms with Gasteiger partial charge in [-0.25, -0.2) is 9.07 Å². The molecular formula is C30H29FN4O2S. The summed E-state index contributed by atoms with van der Waals surface area (Å²) in [7, 11) is 0. The number of nitrogens with one attached hydrogen (secondary N) is 1. The number of amides is 2. The van der Waals surface area contributed by atoms with E-state index in [0.29, 0.717) is 11.5 Å². The van der Waals surface area contributed by atoms with E-state index in [2.05, 4.69) is 5.32 Å². The van der Waals surface area contributed by atoms with Crippen LogP contribution in [0.5, 0.6) is 0 Å². The average molecular weight is 529 g/mol. The summed E-state index contributed by atoms with van der Waals surface area (Å²) in [6.07, 6.45) is 0. The lowest BCUT2D eigenvalue weighted by molar-refractivity contribution is -0.123. The van der Waals surface area contributed by atoms with Crippen LogP contribution in [-0.2, 0) is 9.59 Å². The van der Waals surface area contributed by atoms with Crippen LogP contribution in [-0.4, -0.2) is 39.9 Å². The van der Waals surface area contributed by atoms with Gasteiger partial charge in [0.25, 0.3) is 0 Å². The van der Waals surface area contributed by atoms with E-state index in [9.17, 15) is 14.0 Å². The van der Waals surface area contributed by atoms with Crippen molar-refractivity contribution in [3.05, 3.63) is 101 Å². The van der Waals surface area contributed by atoms with Gasteiger partial charge in [-0.05, 0) is 50.6 Å². The quantitative estimate of drug-likeness (QED) is 0.350. The van der Waals surface area contributed by atoms with Crippen molar-refractivity contribution >= 4 is 29.4 Å². The molecule has 38 heavy (non-hydrogen) atoms. The van der Waals surface area contributed by atoms with Crippen LogP contribution in [0.25, 0.3) is 16.9 Å². The van der Waals surface area contributed by atoms with Crippen molar-refractivity contribution in [2.45, 2.75) is 32.1 Å². The first-order valence-electron chi connectivity index (χ1n) is 12.5. The molecule has 0 aliphatic carbocycles. The van der Waals surface area contributed by atoms with Crippen molar-refractivity contribution < 1.29 is 14.0 Å². The molecule has 3 aromatic carbocycles. The minimum atomic E-state index is -0.378. The lowest BCUT2D eigenvalue weighted by atomic mass is 9.99. The van der Waals surface area contributed by atoms with Gasteiger partial charge in [-0.2, -0.15) is 5.10 Å². The van der Waals surface area contributed by atoms with E-state index in [1.54, 1.807) is 10.7 Å². The molecule has 0 spiro atoms. The van der Waals surface area contributed by atoms with Crippen LogP contribution < -0.4 is 10.2 Å². The normalized spacial score (nSPS) is 15.3. The molecule has 0 unspecified atom stereocenters. The van der Waals surface area contributed by atoms with Gasteiger partial charge in [0, 0.05) is 17.2 Å². The average Bonchev–Trinajstić information content (AvgIpc) is 3.21. The third-order valence-corrected chi connectivity index (χ3v) is 7.57. The number of benzene rings is 3. The molecule has 8 heteroatoms. The van der Waals surface area contributed by atoms with E-state index in [-0.39, 0.29) is 41.2 Å². The van der Waals surface area contributed by atoms with Gasteiger partial charge in [-0.15, -0.1) is 11.8 Å². The van der Waals surface area contributed by atoms with E-state index in [1.807, 2.05) is 81.4 Å². The van der Waals surface area contributed by atoms with Crippen LogP contribution in [0, 0.1) is 12.7 Å². The van der Waals surface area contributed by atoms with Crippen molar-refractivity contribution in [1.82, 2.24) is 15.1 Å². The van der Waals surface area contributed by atoms with Crippen molar-refractivity contribution in [2.75, 3.05) is 17.2 Å². The fraction of sp³-hybridized carbons (Fsp3) is 0.233. The van der Waals surface area contributed by atoms with E-state index in [1.165, 1.54) is 28.8 Å². The summed E-state index contributed by atoms with van der Waals surface area (Å²) >= 11 is 1.42. The lowest BCUT2D eigenvalue weighted by Gasteiger charge is -2.23. The number of carbonyl (C=O) groups excluding carboxylic acids is 2. The number of nitrogens with zero attached hydrogens (tertiary/aromatic N) is 3. The minimum absolute atomic E-state index is 0.0691. The largest absolute Gasteiger partial charge is 0.352 e. The zero-order valence-corrected chi connectivity index (χ0v) is 22.3. The number of halogens is 1. The molecule has 5 rings (SSSR count). The van der Waals surface area contributed by atoms with Crippen LogP contribution >= 0.6 is 11.8 Å². The Balaban J connectivity index is 1.80. The molecule has 1 atom stereocenters. The maximum Gasteiger partial charge on any atom is 0.240 e. The van der Waals surface area contributed by atoms with Gasteiger partial charge in [-0.3, -0.25) is 14.5 Å². The lowest BCUT2D eigenvalue weighted by Crippen LogP contribution is -2.44. The second-order valence-corrected chi connectivity index (χ2v) is 10.7. The Morgan fingerprint density at radius 2 is 1.82 bits per heavy atom. The highest BCUT2D eigenvalue weighted by atomic mass is 32.2. The second-order valence-electron chi connectivity index (χ2n) is 9.65. The Kier molecular flexibility index (Phi) is 7.33. The molecule has 2 amide bonds. The standard InChI is InChI=1S/C30H29FN4O2S/c1-19(2)32-25(36)17-34-26(37)18-38-29(22-10-7-11-23(31)16-22)27-28(21-8-5-4-6-9-21)33-35(30(27)34)24-14-12-20(3)13-15-24/h4-16,19,29H,17-18H2,1-3H3,(H,32,36)/t29-/m1/s1. The maximum absolute atomic E-state index is 14.4. The zero-order chi connectivity index (χ0) is 26.8. The van der Waals surface area contributed by atoms with Gasteiger partial charge < -0.3 is 5.32 Å². The molecule has 1 N–H and O–H groups in total. The minimum Gasteiger partial charge on any atom is -0.352 e. The molecule has 2 heterocycles. The smallest absolute Gasteiger partial charge is 0.240 e. The molecule has 1 aliphatic rings. The highest BCUT2D eigenvalue weighted by molar-refractivity contribution is 8.00. The third kappa shape index (κ3) is 5.22. The molecule has 4 aromatic rings. The second kappa shape index (κ2) is 10.8. The summed E-state index contributed by atoms with van der Waals surface area (Å²) in [4.78, 5) is 28.1. The fourth-order valence-electron chi connectivity index (χ4n) is 4.64. The molecule has 1 aliphatic heterocycles. The van der Waals surface area contributed by atoms with Crippen LogP contribution in [0.3, 0.4) is 0 Å². The number of aryl methyl sites for hydroxylation is 1. The van der Waals surface area contributed by atoms with Crippen LogP contribution in [0.2, 0.25) is 0 Å². The summed E-state index contributed by atoms with van der Waals surface area (Å²) in [5.41, 5.74) is 4.92. The van der Waals surface area contributed by atoms with E-state index < -0.39 is 0 Å². The predicted molar refractivity (Wildman–Crippen MR) is 150 cm³/mol. The molecule has 0 radical (unpaired) electrons. The number of hydrogen-bond acceptors (Lipinski definition) is 4. The van der Waals surface area contributed by atoms with Gasteiger partial charge in [0.05, 0.1) is 22.4 Å². The summed E-state index contributed by atoms with van der Waals surface area (Å²) in [6, 6.07) is 24.0. The third-order valence-electron chi connectivity index (χ3n) is 6.32. The van der Waals surface area contributed by atoms with Gasteiger partial charge in [0.15, 0.2) is 0 Å². The number of fused-ring (bicyclic) bond motifs is 1. The highest BCUT2D eigenvalue weighted by Crippen LogP contribution is 2.48. The Labute approximate surface area is 225 Å². The van der Waals surface area contributed by atoms with Gasteiger partial charge in [0.2, 0.25) is 11.8 Å². The summed E-state index contributed by atoms with van der Waals surface area (Å²) < 4.78 is 16.2. The molecular weight excluding hydrogens is 499 g/mol. The molecule has 0 bridgehead atoms. The number of anilines is 1. The molecule has 6 nitrogen and oxygen atoms in total. The Hall–Kier alpha value is -3.91. The molecule has 0 fully saturated rings. The Morgan fingerprint density at radius 3 is 2.50 bits per heavy atom. The molecule has 194 valence electrons. The first-order valence-corrected chi connectivity index (χ1v) is 13.6. The topological polar surface area (TPSA) is 67.2 Å². The number of carbonyl (C=O) groups is 2. The number of aromatic nitrogens is 2. The van der Waals surface area contributed by atoms with Crippen LogP contribution in [0.15, 0.2) is 78.9 Å². The zero-order valence-electron chi connectivity index (χ0n) is 21.5. The molecule has 0 saturated heterocycles. The summed E-state index contributed by atoms with van der Waals surface area (Å²) in [6.45, 7) is 5.62. The number of thioether (sulfide) groups is 1. The van der Waals surface area contributed by atoms with Crippen molar-refractivity contribution in [3.8, 4) is 16.9 Å². The van der Waals surface area contributed by atoms with Crippen molar-refractivity contribution in [3.63, 3.8) is 0 Å². The van der Waals surface area contributed by atoms with Crippen LogP contribution in [0.1, 0.15) is 35.8 Å². The van der Waals surface area contributed by atoms with Crippen molar-refractivity contribution in [2.24, 2.45) is 0 Å². The van der Waals surface area contributed by atoms with Crippen LogP contribution in [0.4, 0.5) is 10.2 Å². The Morgan fingerprint density at radius 1 is 1.08 bits per heavy atom. The van der Waals surface area contributed by atoms with Crippen molar-refractivity contribution in [1.29, 1.82) is 0 Å². The van der Waals surface area contributed by atoms with E-state index in [0.717, 1.165) is 27.9 Å². The summed E-state index contributed by atoms with van der Waals surface area (Å²) in [5.74, 6) is -0.155. The van der Waals surface area contributed by atoms with E-state index in [4.69, 9.17) is 5.10 Å². The molecule has 0 saturated carbocycles. The highest BCUT2D eigenvalue weighted by Gasteiger charge is 2.37. The van der Waals surface area contributed by atoms with Gasteiger partial charge in [0.1, 0.15) is 18.2 Å². The monoisotopic (exact) mass is 528 g/mol. The number of rotatable bonds is 6. The predicted octanol–water partition coefficient (Wildman–Crippen LogP) is 5.68. The maximum atomic E-state index is 14.4. The van der Waals surface area contributed by atoms with Gasteiger partial charge >= 0.3 is 0 Å². The first-order chi connectivity index (χ1) is 18.3. The van der Waals surface area contributed by atoms with Gasteiger partial charge in [-0.1, -0.05) is 60.2 Å². The Bertz CT molecular complexity index is 1470. The number of hydrogen-bond donors (Lipinski definition) is 1. The first kappa shape index (κ1) is 25.7. The van der Waals surface area contributed by atoms with E-state index >= 15 is 0 Å². The molecule has 1 aromatic heterocycles.